The number of benzene rings is 1. The summed E-state index contributed by atoms with van der Waals surface area (Å²) in [5.41, 5.74) is 1.00. The molecule has 4 aliphatic carbocycles. The molecule has 0 radical (unpaired) electrons. The Labute approximate surface area is 176 Å². The van der Waals surface area contributed by atoms with Gasteiger partial charge in [-0.2, -0.15) is 5.10 Å². The predicted octanol–water partition coefficient (Wildman–Crippen LogP) is 4.09. The quantitative estimate of drug-likeness (QED) is 0.701. The van der Waals surface area contributed by atoms with Crippen molar-refractivity contribution < 1.29 is 9.53 Å². The van der Waals surface area contributed by atoms with Gasteiger partial charge >= 0.3 is 0 Å². The van der Waals surface area contributed by atoms with E-state index in [1.807, 2.05) is 28.8 Å². The van der Waals surface area contributed by atoms with Crippen molar-refractivity contribution in [2.24, 2.45) is 17.8 Å². The van der Waals surface area contributed by atoms with Crippen molar-refractivity contribution >= 4 is 18.1 Å². The van der Waals surface area contributed by atoms with Crippen LogP contribution < -0.4 is 10.1 Å². The summed E-state index contributed by atoms with van der Waals surface area (Å²) in [6.45, 7) is 0.523. The highest BCUT2D eigenvalue weighted by Gasteiger charge is 2.51. The van der Waals surface area contributed by atoms with E-state index in [2.05, 4.69) is 15.5 Å². The van der Waals surface area contributed by atoms with Gasteiger partial charge in [-0.05, 0) is 92.8 Å². The van der Waals surface area contributed by atoms with Gasteiger partial charge in [-0.15, -0.1) is 0 Å². The van der Waals surface area contributed by atoms with Crippen molar-refractivity contribution in [2.45, 2.75) is 57.0 Å². The van der Waals surface area contributed by atoms with Crippen LogP contribution in [-0.2, 0) is 11.3 Å². The van der Waals surface area contributed by atoms with Crippen molar-refractivity contribution in [3.8, 4) is 17.1 Å². The Hall–Kier alpha value is -2.15. The SMILES string of the molecule is COc1ccc(-c2n[nH]c(=S)n2CCC(=O)NC23CC4CC(CC(C4)C2)C3)cc1. The van der Waals surface area contributed by atoms with E-state index in [4.69, 9.17) is 17.0 Å². The highest BCUT2D eigenvalue weighted by atomic mass is 32.1. The summed E-state index contributed by atoms with van der Waals surface area (Å²) in [6, 6.07) is 7.71. The lowest BCUT2D eigenvalue weighted by Crippen LogP contribution is -2.59. The highest BCUT2D eigenvalue weighted by Crippen LogP contribution is 2.55. The summed E-state index contributed by atoms with van der Waals surface area (Å²) in [5.74, 6) is 4.16. The fourth-order valence-electron chi connectivity index (χ4n) is 6.32. The van der Waals surface area contributed by atoms with E-state index in [1.54, 1.807) is 7.11 Å². The number of aromatic amines is 1. The topological polar surface area (TPSA) is 71.9 Å². The Balaban J connectivity index is 1.26. The largest absolute Gasteiger partial charge is 0.497 e. The van der Waals surface area contributed by atoms with Gasteiger partial charge in [0.05, 0.1) is 7.11 Å². The van der Waals surface area contributed by atoms with Crippen molar-refractivity contribution in [3.63, 3.8) is 0 Å². The molecule has 2 N–H and O–H groups in total. The maximum atomic E-state index is 12.9. The molecular formula is C22H28N4O2S. The number of carbonyl (C=O) groups is 1. The van der Waals surface area contributed by atoms with Crippen molar-refractivity contribution in [3.05, 3.63) is 29.0 Å². The standard InChI is InChI=1S/C22H28N4O2S/c1-28-18-4-2-17(3-5-18)20-24-25-21(29)26(20)7-6-19(27)23-22-11-14-8-15(12-22)10-16(9-14)13-22/h2-5,14-16H,6-13H2,1H3,(H,23,27)(H,25,29). The van der Waals surface area contributed by atoms with E-state index in [9.17, 15) is 4.79 Å². The van der Waals surface area contributed by atoms with E-state index < -0.39 is 0 Å². The van der Waals surface area contributed by atoms with Crippen LogP contribution in [0, 0.1) is 22.5 Å². The molecule has 7 heteroatoms. The van der Waals surface area contributed by atoms with Gasteiger partial charge in [-0.25, -0.2) is 0 Å². The van der Waals surface area contributed by atoms with Gasteiger partial charge < -0.3 is 10.1 Å². The number of aromatic nitrogens is 3. The molecule has 2 aromatic rings. The van der Waals surface area contributed by atoms with Crippen molar-refractivity contribution in [2.75, 3.05) is 7.11 Å². The summed E-state index contributed by atoms with van der Waals surface area (Å²) >= 11 is 5.41. The van der Waals surface area contributed by atoms with Crippen LogP contribution in [0.25, 0.3) is 11.4 Å². The van der Waals surface area contributed by atoms with Gasteiger partial charge in [0.1, 0.15) is 5.75 Å². The fraction of sp³-hybridized carbons (Fsp3) is 0.591. The number of nitrogens with zero attached hydrogens (tertiary/aromatic N) is 2. The second kappa shape index (κ2) is 7.27. The highest BCUT2D eigenvalue weighted by molar-refractivity contribution is 7.71. The molecule has 4 saturated carbocycles. The molecule has 4 bridgehead atoms. The third-order valence-corrected chi connectivity index (χ3v) is 7.42. The second-order valence-corrected chi connectivity index (χ2v) is 9.62. The molecule has 6 rings (SSSR count). The zero-order chi connectivity index (χ0) is 20.0. The smallest absolute Gasteiger partial charge is 0.222 e. The van der Waals surface area contributed by atoms with E-state index in [-0.39, 0.29) is 11.4 Å². The van der Waals surface area contributed by atoms with E-state index >= 15 is 0 Å². The molecule has 0 atom stereocenters. The number of carbonyl (C=O) groups excluding carboxylic acids is 1. The average molecular weight is 413 g/mol. The summed E-state index contributed by atoms with van der Waals surface area (Å²) in [6.07, 6.45) is 8.07. The van der Waals surface area contributed by atoms with Gasteiger partial charge in [0.15, 0.2) is 10.6 Å². The Bertz CT molecular complexity index is 927. The predicted molar refractivity (Wildman–Crippen MR) is 113 cm³/mol. The zero-order valence-electron chi connectivity index (χ0n) is 16.8. The number of rotatable bonds is 6. The number of nitrogens with one attached hydrogen (secondary N) is 2. The van der Waals surface area contributed by atoms with Crippen LogP contribution in [-0.4, -0.2) is 33.3 Å². The molecular weight excluding hydrogens is 384 g/mol. The molecule has 0 saturated heterocycles. The lowest BCUT2D eigenvalue weighted by Gasteiger charge is -2.56. The number of amides is 1. The number of H-pyrrole nitrogens is 1. The fourth-order valence-corrected chi connectivity index (χ4v) is 6.54. The summed E-state index contributed by atoms with van der Waals surface area (Å²) < 4.78 is 7.68. The van der Waals surface area contributed by atoms with E-state index in [0.717, 1.165) is 34.9 Å². The van der Waals surface area contributed by atoms with Crippen LogP contribution in [0.4, 0.5) is 0 Å². The minimum absolute atomic E-state index is 0.0580. The van der Waals surface area contributed by atoms with Crippen molar-refractivity contribution in [1.82, 2.24) is 20.1 Å². The van der Waals surface area contributed by atoms with Crippen LogP contribution in [0.3, 0.4) is 0 Å². The molecule has 0 unspecified atom stereocenters. The molecule has 0 aliphatic heterocycles. The Morgan fingerprint density at radius 1 is 1.21 bits per heavy atom. The zero-order valence-corrected chi connectivity index (χ0v) is 17.6. The summed E-state index contributed by atoms with van der Waals surface area (Å²) in [4.78, 5) is 12.9. The van der Waals surface area contributed by atoms with E-state index in [1.165, 1.54) is 38.5 Å². The maximum Gasteiger partial charge on any atom is 0.222 e. The molecule has 1 heterocycles. The first-order valence-corrected chi connectivity index (χ1v) is 11.0. The van der Waals surface area contributed by atoms with E-state index in [0.29, 0.717) is 17.7 Å². The van der Waals surface area contributed by atoms with Crippen LogP contribution in [0.2, 0.25) is 0 Å². The first-order chi connectivity index (χ1) is 14.0. The molecule has 6 nitrogen and oxygen atoms in total. The third kappa shape index (κ3) is 3.61. The van der Waals surface area contributed by atoms with Crippen LogP contribution in [0.5, 0.6) is 5.75 Å². The van der Waals surface area contributed by atoms with Crippen LogP contribution in [0.15, 0.2) is 24.3 Å². The van der Waals surface area contributed by atoms with Crippen molar-refractivity contribution in [1.29, 1.82) is 0 Å². The number of ether oxygens (including phenoxy) is 1. The molecule has 1 aromatic heterocycles. The Kier molecular flexibility index (Phi) is 4.73. The van der Waals surface area contributed by atoms with Gasteiger partial charge in [-0.3, -0.25) is 14.5 Å². The van der Waals surface area contributed by atoms with Gasteiger partial charge in [-0.1, -0.05) is 0 Å². The molecule has 29 heavy (non-hydrogen) atoms. The Morgan fingerprint density at radius 3 is 2.41 bits per heavy atom. The van der Waals surface area contributed by atoms with Gasteiger partial charge in [0.2, 0.25) is 5.91 Å². The number of hydrogen-bond acceptors (Lipinski definition) is 4. The molecule has 4 fully saturated rings. The third-order valence-electron chi connectivity index (χ3n) is 7.11. The lowest BCUT2D eigenvalue weighted by atomic mass is 9.53. The molecule has 154 valence electrons. The minimum atomic E-state index is 0.0580. The minimum Gasteiger partial charge on any atom is -0.497 e. The second-order valence-electron chi connectivity index (χ2n) is 9.23. The first kappa shape index (κ1) is 18.9. The monoisotopic (exact) mass is 412 g/mol. The van der Waals surface area contributed by atoms with Gasteiger partial charge in [0.25, 0.3) is 0 Å². The maximum absolute atomic E-state index is 12.9. The van der Waals surface area contributed by atoms with Crippen LogP contribution >= 0.6 is 12.2 Å². The lowest BCUT2D eigenvalue weighted by molar-refractivity contribution is -0.127. The molecule has 1 amide bonds. The number of methoxy groups -OCH3 is 1. The van der Waals surface area contributed by atoms with Gasteiger partial charge in [0, 0.05) is 24.1 Å². The first-order valence-electron chi connectivity index (χ1n) is 10.6. The number of hydrogen-bond donors (Lipinski definition) is 2. The summed E-state index contributed by atoms with van der Waals surface area (Å²) in [5, 5.41) is 10.7. The Morgan fingerprint density at radius 2 is 1.83 bits per heavy atom. The normalized spacial score (nSPS) is 29.8. The average Bonchev–Trinajstić information content (AvgIpc) is 3.05. The molecule has 0 spiro atoms. The molecule has 4 aliphatic rings. The van der Waals surface area contributed by atoms with Crippen LogP contribution in [0.1, 0.15) is 44.9 Å². The molecule has 1 aromatic carbocycles. The summed E-state index contributed by atoms with van der Waals surface area (Å²) in [7, 11) is 1.65.